The number of hydrogen-bond donors (Lipinski definition) is 1. The third kappa shape index (κ3) is 6.13. The summed E-state index contributed by atoms with van der Waals surface area (Å²) >= 11 is 0. The fourth-order valence-corrected chi connectivity index (χ4v) is 2.04. The van der Waals surface area contributed by atoms with Crippen LogP contribution >= 0.6 is 0 Å². The average Bonchev–Trinajstić information content (AvgIpc) is 2.54. The summed E-state index contributed by atoms with van der Waals surface area (Å²) in [5.41, 5.74) is 1.34. The van der Waals surface area contributed by atoms with Crippen molar-refractivity contribution in [1.29, 1.82) is 0 Å². The molecule has 0 aliphatic heterocycles. The maximum atomic E-state index is 11.6. The fraction of sp³-hybridized carbons (Fsp3) is 0.278. The van der Waals surface area contributed by atoms with Crippen molar-refractivity contribution in [1.82, 2.24) is 5.32 Å². The molecular weight excluding hydrogens is 262 g/mol. The number of benzene rings is 2. The first-order chi connectivity index (χ1) is 10.3. The van der Waals surface area contributed by atoms with Crippen molar-refractivity contribution in [2.75, 3.05) is 13.2 Å². The molecule has 0 radical (unpaired) electrons. The SMILES string of the molecule is O=C(COc1ccccc1)NCCCCc1ccccc1. The highest BCUT2D eigenvalue weighted by Crippen LogP contribution is 2.07. The van der Waals surface area contributed by atoms with Gasteiger partial charge in [0.1, 0.15) is 5.75 Å². The minimum atomic E-state index is -0.0708. The Morgan fingerprint density at radius 3 is 2.29 bits per heavy atom. The molecule has 0 spiro atoms. The molecule has 3 nitrogen and oxygen atoms in total. The normalized spacial score (nSPS) is 10.1. The first kappa shape index (κ1) is 15.1. The lowest BCUT2D eigenvalue weighted by Crippen LogP contribution is -2.29. The van der Waals surface area contributed by atoms with E-state index in [1.807, 2.05) is 36.4 Å². The molecule has 1 amide bonds. The van der Waals surface area contributed by atoms with E-state index < -0.39 is 0 Å². The molecule has 2 aromatic rings. The number of ether oxygens (including phenoxy) is 1. The van der Waals surface area contributed by atoms with Crippen LogP contribution in [0.5, 0.6) is 5.75 Å². The minimum absolute atomic E-state index is 0.0708. The van der Waals surface area contributed by atoms with E-state index in [9.17, 15) is 4.79 Å². The van der Waals surface area contributed by atoms with Gasteiger partial charge in [-0.05, 0) is 37.0 Å². The predicted octanol–water partition coefficient (Wildman–Crippen LogP) is 3.20. The van der Waals surface area contributed by atoms with Gasteiger partial charge in [-0.1, -0.05) is 48.5 Å². The summed E-state index contributed by atoms with van der Waals surface area (Å²) in [5.74, 6) is 0.648. The molecule has 2 rings (SSSR count). The van der Waals surface area contributed by atoms with Crippen molar-refractivity contribution < 1.29 is 9.53 Å². The Morgan fingerprint density at radius 2 is 1.57 bits per heavy atom. The number of hydrogen-bond acceptors (Lipinski definition) is 2. The van der Waals surface area contributed by atoms with E-state index in [0.29, 0.717) is 6.54 Å². The molecule has 0 fully saturated rings. The smallest absolute Gasteiger partial charge is 0.257 e. The van der Waals surface area contributed by atoms with Crippen molar-refractivity contribution in [3.63, 3.8) is 0 Å². The molecule has 0 saturated heterocycles. The molecule has 2 aromatic carbocycles. The molecule has 0 aliphatic carbocycles. The van der Waals surface area contributed by atoms with Crippen LogP contribution in [0.4, 0.5) is 0 Å². The number of carbonyl (C=O) groups is 1. The lowest BCUT2D eigenvalue weighted by Gasteiger charge is -2.07. The maximum Gasteiger partial charge on any atom is 0.257 e. The molecule has 0 saturated carbocycles. The predicted molar refractivity (Wildman–Crippen MR) is 84.3 cm³/mol. The summed E-state index contributed by atoms with van der Waals surface area (Å²) in [6, 6.07) is 19.8. The Hall–Kier alpha value is -2.29. The van der Waals surface area contributed by atoms with E-state index >= 15 is 0 Å². The monoisotopic (exact) mass is 283 g/mol. The second kappa shape index (κ2) is 8.80. The third-order valence-electron chi connectivity index (χ3n) is 3.17. The van der Waals surface area contributed by atoms with Crippen molar-refractivity contribution in [2.24, 2.45) is 0 Å². The molecule has 110 valence electrons. The van der Waals surface area contributed by atoms with Crippen LogP contribution in [0.25, 0.3) is 0 Å². The standard InChI is InChI=1S/C18H21NO2/c20-18(15-21-17-12-5-2-6-13-17)19-14-8-7-11-16-9-3-1-4-10-16/h1-6,9-10,12-13H,7-8,11,14-15H2,(H,19,20). The van der Waals surface area contributed by atoms with Gasteiger partial charge in [0.25, 0.3) is 5.91 Å². The van der Waals surface area contributed by atoms with Crippen LogP contribution in [0.1, 0.15) is 18.4 Å². The third-order valence-corrected chi connectivity index (χ3v) is 3.17. The molecule has 21 heavy (non-hydrogen) atoms. The molecular formula is C18H21NO2. The van der Waals surface area contributed by atoms with Crippen LogP contribution in [-0.4, -0.2) is 19.1 Å². The summed E-state index contributed by atoms with van der Waals surface area (Å²) in [4.78, 5) is 11.6. The highest BCUT2D eigenvalue weighted by atomic mass is 16.5. The van der Waals surface area contributed by atoms with Crippen molar-refractivity contribution >= 4 is 5.91 Å². The molecule has 0 unspecified atom stereocenters. The summed E-state index contributed by atoms with van der Waals surface area (Å²) in [5, 5.41) is 2.88. The zero-order valence-corrected chi connectivity index (χ0v) is 12.1. The van der Waals surface area contributed by atoms with E-state index in [1.54, 1.807) is 0 Å². The lowest BCUT2D eigenvalue weighted by atomic mass is 10.1. The number of unbranched alkanes of at least 4 members (excludes halogenated alkanes) is 1. The summed E-state index contributed by atoms with van der Waals surface area (Å²) < 4.78 is 5.38. The van der Waals surface area contributed by atoms with Gasteiger partial charge in [-0.25, -0.2) is 0 Å². The number of para-hydroxylation sites is 1. The van der Waals surface area contributed by atoms with E-state index in [0.717, 1.165) is 25.0 Å². The van der Waals surface area contributed by atoms with E-state index in [-0.39, 0.29) is 12.5 Å². The van der Waals surface area contributed by atoms with Crippen molar-refractivity contribution in [2.45, 2.75) is 19.3 Å². The van der Waals surface area contributed by atoms with Crippen LogP contribution in [0.3, 0.4) is 0 Å². The Labute approximate surface area is 126 Å². The highest BCUT2D eigenvalue weighted by molar-refractivity contribution is 5.77. The van der Waals surface area contributed by atoms with E-state index in [1.165, 1.54) is 5.56 Å². The minimum Gasteiger partial charge on any atom is -0.484 e. The van der Waals surface area contributed by atoms with Gasteiger partial charge < -0.3 is 10.1 Å². The number of rotatable bonds is 8. The second-order valence-corrected chi connectivity index (χ2v) is 4.89. The Morgan fingerprint density at radius 1 is 0.905 bits per heavy atom. The van der Waals surface area contributed by atoms with Gasteiger partial charge in [0.05, 0.1) is 0 Å². The van der Waals surface area contributed by atoms with Gasteiger partial charge in [-0.15, -0.1) is 0 Å². The van der Waals surface area contributed by atoms with Crippen LogP contribution in [0.15, 0.2) is 60.7 Å². The lowest BCUT2D eigenvalue weighted by molar-refractivity contribution is -0.123. The van der Waals surface area contributed by atoms with Gasteiger partial charge in [0.2, 0.25) is 0 Å². The van der Waals surface area contributed by atoms with Crippen LogP contribution in [0.2, 0.25) is 0 Å². The summed E-state index contributed by atoms with van der Waals surface area (Å²) in [6.07, 6.45) is 3.10. The quantitative estimate of drug-likeness (QED) is 0.756. The van der Waals surface area contributed by atoms with Gasteiger partial charge in [0, 0.05) is 6.54 Å². The van der Waals surface area contributed by atoms with Crippen molar-refractivity contribution in [3.05, 3.63) is 66.2 Å². The summed E-state index contributed by atoms with van der Waals surface area (Å²) in [7, 11) is 0. The molecule has 3 heteroatoms. The molecule has 1 N–H and O–H groups in total. The first-order valence-electron chi connectivity index (χ1n) is 7.33. The zero-order chi connectivity index (χ0) is 14.8. The Kier molecular flexibility index (Phi) is 6.33. The Balaban J connectivity index is 1.53. The maximum absolute atomic E-state index is 11.6. The van der Waals surface area contributed by atoms with E-state index in [4.69, 9.17) is 4.74 Å². The molecule has 0 heterocycles. The highest BCUT2D eigenvalue weighted by Gasteiger charge is 2.01. The van der Waals surface area contributed by atoms with Gasteiger partial charge in [-0.3, -0.25) is 4.79 Å². The number of amides is 1. The first-order valence-corrected chi connectivity index (χ1v) is 7.33. The number of nitrogens with one attached hydrogen (secondary N) is 1. The van der Waals surface area contributed by atoms with Gasteiger partial charge in [-0.2, -0.15) is 0 Å². The van der Waals surface area contributed by atoms with Gasteiger partial charge >= 0.3 is 0 Å². The number of carbonyl (C=O) groups excluding carboxylic acids is 1. The molecule has 0 atom stereocenters. The van der Waals surface area contributed by atoms with E-state index in [2.05, 4.69) is 29.6 Å². The molecule has 0 bridgehead atoms. The zero-order valence-electron chi connectivity index (χ0n) is 12.1. The average molecular weight is 283 g/mol. The van der Waals surface area contributed by atoms with Gasteiger partial charge in [0.15, 0.2) is 6.61 Å². The summed E-state index contributed by atoms with van der Waals surface area (Å²) in [6.45, 7) is 0.770. The topological polar surface area (TPSA) is 38.3 Å². The van der Waals surface area contributed by atoms with Crippen LogP contribution < -0.4 is 10.1 Å². The molecule has 0 aliphatic rings. The number of aryl methyl sites for hydroxylation is 1. The largest absolute Gasteiger partial charge is 0.484 e. The fourth-order valence-electron chi connectivity index (χ4n) is 2.04. The Bertz CT molecular complexity index is 525. The van der Waals surface area contributed by atoms with Crippen molar-refractivity contribution in [3.8, 4) is 5.75 Å². The van der Waals surface area contributed by atoms with Crippen LogP contribution in [0, 0.1) is 0 Å². The second-order valence-electron chi connectivity index (χ2n) is 4.89. The van der Waals surface area contributed by atoms with Crippen LogP contribution in [-0.2, 0) is 11.2 Å². The molecule has 0 aromatic heterocycles.